The van der Waals surface area contributed by atoms with Gasteiger partial charge in [0.2, 0.25) is 0 Å². The minimum Gasteiger partial charge on any atom is -0.353 e. The van der Waals surface area contributed by atoms with Crippen LogP contribution in [-0.4, -0.2) is 45.7 Å². The van der Waals surface area contributed by atoms with E-state index in [0.717, 1.165) is 19.6 Å². The molecule has 126 valence electrons. The third-order valence-electron chi connectivity index (χ3n) is 3.38. The summed E-state index contributed by atoms with van der Waals surface area (Å²) in [5, 5.41) is 0. The van der Waals surface area contributed by atoms with Crippen molar-refractivity contribution < 1.29 is 9.47 Å². The van der Waals surface area contributed by atoms with Gasteiger partial charge in [-0.05, 0) is 52.4 Å². The number of ether oxygens (including phenoxy) is 2. The van der Waals surface area contributed by atoms with Gasteiger partial charge < -0.3 is 9.47 Å². The molecular formula is C18H38O2P+. The summed E-state index contributed by atoms with van der Waals surface area (Å²) >= 11 is 0. The summed E-state index contributed by atoms with van der Waals surface area (Å²) in [6.07, 6.45) is 14.8. The zero-order valence-corrected chi connectivity index (χ0v) is 16.0. The van der Waals surface area contributed by atoms with Gasteiger partial charge in [0.25, 0.3) is 0 Å². The second-order valence-corrected chi connectivity index (χ2v) is 11.6. The molecule has 21 heavy (non-hydrogen) atoms. The van der Waals surface area contributed by atoms with Crippen molar-refractivity contribution in [3.63, 3.8) is 0 Å². The molecule has 0 aromatic rings. The third kappa shape index (κ3) is 16.3. The Morgan fingerprint density at radius 3 is 1.90 bits per heavy atom. The molecule has 0 N–H and O–H groups in total. The van der Waals surface area contributed by atoms with Crippen LogP contribution in [0.1, 0.15) is 58.8 Å². The molecule has 0 aliphatic carbocycles. The molecule has 2 nitrogen and oxygen atoms in total. The quantitative estimate of drug-likeness (QED) is 0.180. The maximum atomic E-state index is 5.55. The highest BCUT2D eigenvalue weighted by atomic mass is 31.2. The van der Waals surface area contributed by atoms with Gasteiger partial charge in [0.15, 0.2) is 6.29 Å². The number of hydrogen-bond acceptors (Lipinski definition) is 2. The van der Waals surface area contributed by atoms with Crippen LogP contribution in [0.25, 0.3) is 0 Å². The summed E-state index contributed by atoms with van der Waals surface area (Å²) in [4.78, 5) is 0. The monoisotopic (exact) mass is 317 g/mol. The lowest BCUT2D eigenvalue weighted by Crippen LogP contribution is -2.17. The first-order valence-electron chi connectivity index (χ1n) is 8.68. The standard InChI is InChI=1S/C18H38O2P/c1-6-19-18(20-7-2)16-14-12-10-8-9-11-13-15-17-21(3,4)5/h9,11,18H,6-8,10,12-17H2,1-5H3/q+1/b11-9+. The Morgan fingerprint density at radius 2 is 1.38 bits per heavy atom. The van der Waals surface area contributed by atoms with Gasteiger partial charge in [-0.25, -0.2) is 0 Å². The largest absolute Gasteiger partial charge is 0.353 e. The van der Waals surface area contributed by atoms with Gasteiger partial charge in [0.05, 0.1) is 6.16 Å². The zero-order chi connectivity index (χ0) is 16.0. The summed E-state index contributed by atoms with van der Waals surface area (Å²) < 4.78 is 11.1. The molecule has 0 radical (unpaired) electrons. The highest BCUT2D eigenvalue weighted by Gasteiger charge is 2.14. The lowest BCUT2D eigenvalue weighted by molar-refractivity contribution is -0.140. The smallest absolute Gasteiger partial charge is 0.157 e. The number of rotatable bonds is 14. The van der Waals surface area contributed by atoms with Crippen molar-refractivity contribution in [2.24, 2.45) is 0 Å². The Hall–Kier alpha value is 0.0900. The predicted molar refractivity (Wildman–Crippen MR) is 98.1 cm³/mol. The van der Waals surface area contributed by atoms with Crippen molar-refractivity contribution in [2.45, 2.75) is 65.1 Å². The van der Waals surface area contributed by atoms with Crippen LogP contribution < -0.4 is 0 Å². The Labute approximate surface area is 134 Å². The van der Waals surface area contributed by atoms with E-state index in [1.54, 1.807) is 0 Å². The van der Waals surface area contributed by atoms with Crippen LogP contribution in [0.4, 0.5) is 0 Å². The summed E-state index contributed by atoms with van der Waals surface area (Å²) in [5.74, 6) is 0. The van der Waals surface area contributed by atoms with Gasteiger partial charge in [0.1, 0.15) is 0 Å². The molecule has 0 aromatic carbocycles. The second-order valence-electron chi connectivity index (χ2n) is 6.61. The second kappa shape index (κ2) is 13.7. The van der Waals surface area contributed by atoms with E-state index in [0.29, 0.717) is 0 Å². The molecule has 0 heterocycles. The van der Waals surface area contributed by atoms with Crippen molar-refractivity contribution >= 4 is 7.26 Å². The molecule has 3 heteroatoms. The molecule has 0 fully saturated rings. The van der Waals surface area contributed by atoms with Crippen LogP contribution in [0.3, 0.4) is 0 Å². The maximum absolute atomic E-state index is 5.55. The highest BCUT2D eigenvalue weighted by Crippen LogP contribution is 2.47. The summed E-state index contributed by atoms with van der Waals surface area (Å²) in [5.41, 5.74) is 0. The van der Waals surface area contributed by atoms with Crippen LogP contribution in [0, 0.1) is 0 Å². The molecule has 0 spiro atoms. The molecule has 0 atom stereocenters. The van der Waals surface area contributed by atoms with Crippen molar-refractivity contribution in [2.75, 3.05) is 39.4 Å². The van der Waals surface area contributed by atoms with E-state index in [-0.39, 0.29) is 6.29 Å². The summed E-state index contributed by atoms with van der Waals surface area (Å²) in [6.45, 7) is 12.8. The van der Waals surface area contributed by atoms with Crippen molar-refractivity contribution in [3.8, 4) is 0 Å². The van der Waals surface area contributed by atoms with Gasteiger partial charge >= 0.3 is 0 Å². The number of allylic oxidation sites excluding steroid dienone is 2. The van der Waals surface area contributed by atoms with Crippen LogP contribution in [0.15, 0.2) is 12.2 Å². The fourth-order valence-corrected chi connectivity index (χ4v) is 3.39. The molecule has 0 aliphatic heterocycles. The predicted octanol–water partition coefficient (Wildman–Crippen LogP) is 5.58. The fraction of sp³-hybridized carbons (Fsp3) is 0.889. The number of hydrogen-bond donors (Lipinski definition) is 0. The minimum absolute atomic E-state index is 0.0104. The van der Waals surface area contributed by atoms with E-state index in [2.05, 4.69) is 32.1 Å². The molecule has 0 bridgehead atoms. The number of unbranched alkanes of at least 4 members (excludes halogenated alkanes) is 4. The van der Waals surface area contributed by atoms with Gasteiger partial charge in [0, 0.05) is 40.5 Å². The topological polar surface area (TPSA) is 18.5 Å². The van der Waals surface area contributed by atoms with Crippen LogP contribution in [-0.2, 0) is 9.47 Å². The van der Waals surface area contributed by atoms with E-state index < -0.39 is 7.26 Å². The molecule has 0 saturated heterocycles. The van der Waals surface area contributed by atoms with Crippen LogP contribution in [0.2, 0.25) is 0 Å². The zero-order valence-electron chi connectivity index (χ0n) is 15.1. The van der Waals surface area contributed by atoms with E-state index in [1.807, 2.05) is 13.8 Å². The Morgan fingerprint density at radius 1 is 0.810 bits per heavy atom. The van der Waals surface area contributed by atoms with Gasteiger partial charge in [-0.1, -0.05) is 18.6 Å². The van der Waals surface area contributed by atoms with Gasteiger partial charge in [-0.15, -0.1) is 0 Å². The Kier molecular flexibility index (Phi) is 13.8. The van der Waals surface area contributed by atoms with Crippen molar-refractivity contribution in [1.82, 2.24) is 0 Å². The van der Waals surface area contributed by atoms with Gasteiger partial charge in [-0.2, -0.15) is 0 Å². The summed E-state index contributed by atoms with van der Waals surface area (Å²) in [6, 6.07) is 0. The highest BCUT2D eigenvalue weighted by molar-refractivity contribution is 7.73. The normalized spacial score (nSPS) is 12.7. The Bertz CT molecular complexity index is 240. The molecular weight excluding hydrogens is 279 g/mol. The molecule has 0 amide bonds. The van der Waals surface area contributed by atoms with Crippen molar-refractivity contribution in [3.05, 3.63) is 12.2 Å². The van der Waals surface area contributed by atoms with Gasteiger partial charge in [-0.3, -0.25) is 0 Å². The van der Waals surface area contributed by atoms with Crippen LogP contribution >= 0.6 is 7.26 Å². The van der Waals surface area contributed by atoms with Crippen LogP contribution in [0.5, 0.6) is 0 Å². The molecule has 0 saturated carbocycles. The van der Waals surface area contributed by atoms with E-state index in [1.165, 1.54) is 44.7 Å². The Balaban J connectivity index is 3.42. The first-order chi connectivity index (χ1) is 9.99. The fourth-order valence-electron chi connectivity index (χ4n) is 2.26. The lowest BCUT2D eigenvalue weighted by Gasteiger charge is -2.16. The molecule has 0 aromatic heterocycles. The summed E-state index contributed by atoms with van der Waals surface area (Å²) in [7, 11) is -0.565. The average molecular weight is 317 g/mol. The molecule has 0 unspecified atom stereocenters. The SMILES string of the molecule is CCOC(CCCCC/C=C/CCC[P+](C)(C)C)OCC. The molecule has 0 aliphatic rings. The molecule has 0 rings (SSSR count). The lowest BCUT2D eigenvalue weighted by atomic mass is 10.1. The third-order valence-corrected chi connectivity index (χ3v) is 5.04. The minimum atomic E-state index is -0.565. The van der Waals surface area contributed by atoms with E-state index in [9.17, 15) is 0 Å². The average Bonchev–Trinajstić information content (AvgIpc) is 2.40. The van der Waals surface area contributed by atoms with E-state index in [4.69, 9.17) is 9.47 Å². The van der Waals surface area contributed by atoms with E-state index >= 15 is 0 Å². The maximum Gasteiger partial charge on any atom is 0.157 e. The van der Waals surface area contributed by atoms with Crippen molar-refractivity contribution in [1.29, 1.82) is 0 Å². The first-order valence-corrected chi connectivity index (χ1v) is 12.0. The first kappa shape index (κ1) is 21.1.